The van der Waals surface area contributed by atoms with E-state index in [1.807, 2.05) is 30.3 Å². The third kappa shape index (κ3) is 5.75. The molecular weight excluding hydrogens is 411 g/mol. The van der Waals surface area contributed by atoms with E-state index in [0.29, 0.717) is 30.0 Å². The quantitative estimate of drug-likeness (QED) is 0.520. The minimum absolute atomic E-state index is 0.0912. The van der Waals surface area contributed by atoms with Crippen LogP contribution in [0.2, 0.25) is 0 Å². The average molecular weight is 434 g/mol. The number of H-pyrrole nitrogens is 1. The van der Waals surface area contributed by atoms with Crippen molar-refractivity contribution in [3.05, 3.63) is 111 Å². The average Bonchev–Trinajstić information content (AvgIpc) is 2.79. The van der Waals surface area contributed by atoms with E-state index in [0.717, 1.165) is 5.56 Å². The lowest BCUT2D eigenvalue weighted by atomic mass is 10.1. The number of aryl methyl sites for hydroxylation is 2. The summed E-state index contributed by atoms with van der Waals surface area (Å²) in [5.74, 6) is 0.0242. The molecule has 0 atom stereocenters. The standard InChI is InChI=1S/C20H19FN2O2.C4H4N2O/c1-14-13-18(24)23(12-11-15-7-4-3-5-8-15)20(22-14)16-9-6-10-17(21)19(16)25-2;7-4-5-2-1-3-6-4/h3-10,13H,11-12H2,1-2H3;1-3H,(H,5,6,7). The van der Waals surface area contributed by atoms with Gasteiger partial charge in [-0.25, -0.2) is 19.2 Å². The first-order valence-corrected chi connectivity index (χ1v) is 9.94. The first-order chi connectivity index (χ1) is 15.5. The number of rotatable bonds is 5. The molecule has 0 bridgehead atoms. The van der Waals surface area contributed by atoms with Crippen molar-refractivity contribution < 1.29 is 9.13 Å². The van der Waals surface area contributed by atoms with E-state index in [9.17, 15) is 14.0 Å². The van der Waals surface area contributed by atoms with Crippen LogP contribution in [0, 0.1) is 12.7 Å². The number of para-hydroxylation sites is 1. The van der Waals surface area contributed by atoms with Crippen molar-refractivity contribution in [1.82, 2.24) is 19.5 Å². The van der Waals surface area contributed by atoms with Gasteiger partial charge in [0.25, 0.3) is 5.56 Å². The molecule has 0 aliphatic carbocycles. The molecule has 0 unspecified atom stereocenters. The normalized spacial score (nSPS) is 10.2. The largest absolute Gasteiger partial charge is 0.493 e. The number of ether oxygens (including phenoxy) is 1. The summed E-state index contributed by atoms with van der Waals surface area (Å²) < 4.78 is 20.8. The van der Waals surface area contributed by atoms with Gasteiger partial charge in [0.05, 0.1) is 12.7 Å². The zero-order valence-corrected chi connectivity index (χ0v) is 17.8. The zero-order chi connectivity index (χ0) is 22.9. The highest BCUT2D eigenvalue weighted by Crippen LogP contribution is 2.30. The predicted octanol–water partition coefficient (Wildman–Crippen LogP) is 3.38. The molecule has 164 valence electrons. The van der Waals surface area contributed by atoms with Gasteiger partial charge in [0.2, 0.25) is 0 Å². The molecule has 7 nitrogen and oxygen atoms in total. The fourth-order valence-electron chi connectivity index (χ4n) is 3.13. The topological polar surface area (TPSA) is 89.9 Å². The molecule has 8 heteroatoms. The molecule has 0 saturated heterocycles. The summed E-state index contributed by atoms with van der Waals surface area (Å²) in [7, 11) is 1.41. The minimum Gasteiger partial charge on any atom is -0.493 e. The van der Waals surface area contributed by atoms with Crippen LogP contribution in [0.15, 0.2) is 82.6 Å². The molecule has 2 aromatic heterocycles. The van der Waals surface area contributed by atoms with E-state index in [1.54, 1.807) is 29.7 Å². The maximum absolute atomic E-state index is 14.1. The molecule has 0 aliphatic heterocycles. The molecule has 4 aromatic rings. The van der Waals surface area contributed by atoms with Crippen LogP contribution >= 0.6 is 0 Å². The third-order valence-electron chi connectivity index (χ3n) is 4.60. The van der Waals surface area contributed by atoms with Crippen molar-refractivity contribution in [3.8, 4) is 17.1 Å². The van der Waals surface area contributed by atoms with E-state index in [1.165, 1.54) is 31.6 Å². The lowest BCUT2D eigenvalue weighted by Crippen LogP contribution is -2.24. The van der Waals surface area contributed by atoms with Crippen LogP contribution in [-0.4, -0.2) is 26.6 Å². The lowest BCUT2D eigenvalue weighted by Gasteiger charge is -2.15. The molecule has 0 radical (unpaired) electrons. The van der Waals surface area contributed by atoms with Crippen molar-refractivity contribution >= 4 is 0 Å². The number of hydrogen-bond donors (Lipinski definition) is 1. The number of halogens is 1. The summed E-state index contributed by atoms with van der Waals surface area (Å²) in [6, 6.07) is 17.7. The van der Waals surface area contributed by atoms with Crippen molar-refractivity contribution in [2.24, 2.45) is 0 Å². The Labute approximate surface area is 184 Å². The second kappa shape index (κ2) is 10.8. The molecule has 0 fully saturated rings. The third-order valence-corrected chi connectivity index (χ3v) is 4.60. The lowest BCUT2D eigenvalue weighted by molar-refractivity contribution is 0.387. The van der Waals surface area contributed by atoms with Crippen molar-refractivity contribution in [1.29, 1.82) is 0 Å². The Bertz CT molecular complexity index is 1270. The predicted molar refractivity (Wildman–Crippen MR) is 120 cm³/mol. The van der Waals surface area contributed by atoms with Crippen LogP contribution < -0.4 is 16.0 Å². The summed E-state index contributed by atoms with van der Waals surface area (Å²) in [6.45, 7) is 2.20. The van der Waals surface area contributed by atoms with Crippen molar-refractivity contribution in [3.63, 3.8) is 0 Å². The molecular formula is C24H23FN4O3. The fourth-order valence-corrected chi connectivity index (χ4v) is 3.13. The number of hydrogen-bond acceptors (Lipinski definition) is 5. The Morgan fingerprint density at radius 1 is 1.06 bits per heavy atom. The molecule has 0 amide bonds. The number of methoxy groups -OCH3 is 1. The minimum atomic E-state index is -0.481. The van der Waals surface area contributed by atoms with E-state index in [4.69, 9.17) is 4.74 Å². The van der Waals surface area contributed by atoms with E-state index >= 15 is 0 Å². The first kappa shape index (κ1) is 22.6. The van der Waals surface area contributed by atoms with Gasteiger partial charge in [-0.15, -0.1) is 0 Å². The number of aromatic nitrogens is 4. The molecule has 0 saturated carbocycles. The number of aromatic amines is 1. The Hall–Kier alpha value is -4.07. The molecule has 2 heterocycles. The van der Waals surface area contributed by atoms with Crippen molar-refractivity contribution in [2.45, 2.75) is 19.9 Å². The smallest absolute Gasteiger partial charge is 0.344 e. The number of nitrogens with one attached hydrogen (secondary N) is 1. The van der Waals surface area contributed by atoms with Gasteiger partial charge in [-0.1, -0.05) is 36.4 Å². The summed E-state index contributed by atoms with van der Waals surface area (Å²) in [5, 5.41) is 0. The maximum atomic E-state index is 14.1. The van der Waals surface area contributed by atoms with E-state index < -0.39 is 5.82 Å². The Balaban J connectivity index is 0.000000352. The Morgan fingerprint density at radius 3 is 2.47 bits per heavy atom. The van der Waals surface area contributed by atoms with Gasteiger partial charge in [-0.2, -0.15) is 0 Å². The Kier molecular flexibility index (Phi) is 7.64. The fraction of sp³-hybridized carbons (Fsp3) is 0.167. The SMILES string of the molecule is COc1c(F)cccc1-c1nc(C)cc(=O)n1CCc1ccccc1.O=c1nccc[nH]1. The first-order valence-electron chi connectivity index (χ1n) is 9.94. The van der Waals surface area contributed by atoms with Gasteiger partial charge < -0.3 is 9.72 Å². The zero-order valence-electron chi connectivity index (χ0n) is 17.8. The maximum Gasteiger partial charge on any atom is 0.344 e. The van der Waals surface area contributed by atoms with Crippen LogP contribution in [-0.2, 0) is 13.0 Å². The summed E-state index contributed by atoms with van der Waals surface area (Å²) in [6.07, 6.45) is 3.66. The molecule has 1 N–H and O–H groups in total. The monoisotopic (exact) mass is 434 g/mol. The Morgan fingerprint density at radius 2 is 1.84 bits per heavy atom. The highest BCUT2D eigenvalue weighted by molar-refractivity contribution is 5.65. The van der Waals surface area contributed by atoms with Crippen LogP contribution in [0.3, 0.4) is 0 Å². The van der Waals surface area contributed by atoms with Gasteiger partial charge in [-0.3, -0.25) is 9.36 Å². The van der Waals surface area contributed by atoms with Gasteiger partial charge in [0, 0.05) is 30.7 Å². The number of benzene rings is 2. The van der Waals surface area contributed by atoms with Crippen LogP contribution in [0.1, 0.15) is 11.3 Å². The van der Waals surface area contributed by atoms with Gasteiger partial charge in [0.15, 0.2) is 11.6 Å². The molecule has 2 aromatic carbocycles. The molecule has 0 aliphatic rings. The van der Waals surface area contributed by atoms with E-state index in [2.05, 4.69) is 15.0 Å². The molecule has 32 heavy (non-hydrogen) atoms. The van der Waals surface area contributed by atoms with Gasteiger partial charge in [-0.05, 0) is 37.1 Å². The summed E-state index contributed by atoms with van der Waals surface area (Å²) in [4.78, 5) is 32.8. The highest BCUT2D eigenvalue weighted by atomic mass is 19.1. The second-order valence-electron chi connectivity index (χ2n) is 6.85. The second-order valence-corrected chi connectivity index (χ2v) is 6.85. The number of nitrogens with zero attached hydrogens (tertiary/aromatic N) is 3. The van der Waals surface area contributed by atoms with Gasteiger partial charge >= 0.3 is 5.69 Å². The van der Waals surface area contributed by atoms with E-state index in [-0.39, 0.29) is 17.0 Å². The summed E-state index contributed by atoms with van der Waals surface area (Å²) >= 11 is 0. The van der Waals surface area contributed by atoms with Crippen molar-refractivity contribution in [2.75, 3.05) is 7.11 Å². The molecule has 4 rings (SSSR count). The van der Waals surface area contributed by atoms with Crippen LogP contribution in [0.25, 0.3) is 11.4 Å². The summed E-state index contributed by atoms with van der Waals surface area (Å²) in [5.41, 5.74) is 1.71. The molecule has 0 spiro atoms. The van der Waals surface area contributed by atoms with Gasteiger partial charge in [0.1, 0.15) is 5.82 Å². The van der Waals surface area contributed by atoms with Crippen LogP contribution in [0.5, 0.6) is 5.75 Å². The highest BCUT2D eigenvalue weighted by Gasteiger charge is 2.17. The van der Waals surface area contributed by atoms with Crippen LogP contribution in [0.4, 0.5) is 4.39 Å².